The molecule has 1 aromatic rings. The first-order chi connectivity index (χ1) is 8.98. The van der Waals surface area contributed by atoms with Crippen LogP contribution in [0.5, 0.6) is 0 Å². The van der Waals surface area contributed by atoms with Crippen LogP contribution < -0.4 is 0 Å². The van der Waals surface area contributed by atoms with Crippen molar-refractivity contribution in [2.75, 3.05) is 13.1 Å². The Morgan fingerprint density at radius 2 is 2.26 bits per heavy atom. The largest absolute Gasteiger partial charge is 0.462 e. The van der Waals surface area contributed by atoms with Gasteiger partial charge in [0.1, 0.15) is 23.0 Å². The summed E-state index contributed by atoms with van der Waals surface area (Å²) in [7, 11) is -3.65. The Morgan fingerprint density at radius 3 is 2.74 bits per heavy atom. The summed E-state index contributed by atoms with van der Waals surface area (Å²) in [5.74, 6) is 3.31. The summed E-state index contributed by atoms with van der Waals surface area (Å²) in [4.78, 5) is 0.0902. The zero-order valence-corrected chi connectivity index (χ0v) is 11.6. The van der Waals surface area contributed by atoms with E-state index in [1.807, 2.05) is 0 Å². The van der Waals surface area contributed by atoms with Gasteiger partial charge in [0.2, 0.25) is 10.0 Å². The quantitative estimate of drug-likeness (QED) is 0.794. The van der Waals surface area contributed by atoms with Gasteiger partial charge in [-0.15, -0.1) is 6.42 Å². The minimum atomic E-state index is -3.65. The standard InChI is InChI=1S/C13H17NO4S/c1-3-6-14(8-11-4-5-11)19(16,17)13-7-12(9-15)18-10(13)2/h1,7,11,15H,4-6,8-9H2,2H3. The zero-order valence-electron chi connectivity index (χ0n) is 10.8. The van der Waals surface area contributed by atoms with Gasteiger partial charge in [0.05, 0.1) is 6.54 Å². The van der Waals surface area contributed by atoms with Gasteiger partial charge < -0.3 is 9.52 Å². The van der Waals surface area contributed by atoms with Crippen molar-refractivity contribution in [1.29, 1.82) is 0 Å². The molecule has 0 radical (unpaired) electrons. The summed E-state index contributed by atoms with van der Waals surface area (Å²) >= 11 is 0. The molecule has 0 amide bonds. The normalized spacial score (nSPS) is 15.7. The second-order valence-corrected chi connectivity index (χ2v) is 6.64. The highest BCUT2D eigenvalue weighted by Crippen LogP contribution is 2.32. The second kappa shape index (κ2) is 5.37. The maximum Gasteiger partial charge on any atom is 0.247 e. The maximum absolute atomic E-state index is 12.5. The Bertz CT molecular complexity index is 593. The van der Waals surface area contributed by atoms with Crippen LogP contribution in [0, 0.1) is 25.2 Å². The number of aliphatic hydroxyl groups is 1. The first-order valence-corrected chi connectivity index (χ1v) is 7.56. The van der Waals surface area contributed by atoms with Crippen LogP contribution in [0.4, 0.5) is 0 Å². The minimum absolute atomic E-state index is 0.0535. The molecule has 1 aliphatic rings. The van der Waals surface area contributed by atoms with Gasteiger partial charge in [-0.05, 0) is 25.7 Å². The van der Waals surface area contributed by atoms with Crippen LogP contribution in [0.1, 0.15) is 24.4 Å². The lowest BCUT2D eigenvalue weighted by molar-refractivity contribution is 0.244. The fourth-order valence-electron chi connectivity index (χ4n) is 1.94. The Labute approximate surface area is 113 Å². The molecule has 0 spiro atoms. The van der Waals surface area contributed by atoms with Crippen molar-refractivity contribution < 1.29 is 17.9 Å². The number of aliphatic hydroxyl groups excluding tert-OH is 1. The Hall–Kier alpha value is -1.29. The molecule has 6 heteroatoms. The number of terminal acetylenes is 1. The fraction of sp³-hybridized carbons (Fsp3) is 0.538. The number of aryl methyl sites for hydroxylation is 1. The molecule has 1 heterocycles. The number of rotatable bonds is 6. The van der Waals surface area contributed by atoms with Crippen molar-refractivity contribution in [2.24, 2.45) is 5.92 Å². The van der Waals surface area contributed by atoms with Crippen molar-refractivity contribution >= 4 is 10.0 Å². The van der Waals surface area contributed by atoms with Gasteiger partial charge in [-0.1, -0.05) is 5.92 Å². The molecular formula is C13H17NO4S. The van der Waals surface area contributed by atoms with Crippen LogP contribution in [-0.4, -0.2) is 30.9 Å². The van der Waals surface area contributed by atoms with Crippen molar-refractivity contribution in [2.45, 2.75) is 31.3 Å². The molecule has 19 heavy (non-hydrogen) atoms. The predicted molar refractivity (Wildman–Crippen MR) is 69.7 cm³/mol. The lowest BCUT2D eigenvalue weighted by Crippen LogP contribution is -2.33. The molecule has 1 aliphatic carbocycles. The van der Waals surface area contributed by atoms with Gasteiger partial charge in [0.25, 0.3) is 0 Å². The molecule has 0 saturated heterocycles. The zero-order chi connectivity index (χ0) is 14.0. The van der Waals surface area contributed by atoms with Crippen molar-refractivity contribution in [1.82, 2.24) is 4.31 Å². The molecule has 1 saturated carbocycles. The molecule has 5 nitrogen and oxygen atoms in total. The molecule has 0 unspecified atom stereocenters. The number of sulfonamides is 1. The van der Waals surface area contributed by atoms with E-state index >= 15 is 0 Å². The third-order valence-electron chi connectivity index (χ3n) is 3.12. The average Bonchev–Trinajstić information content (AvgIpc) is 3.09. The van der Waals surface area contributed by atoms with Crippen LogP contribution in [0.25, 0.3) is 0 Å². The average molecular weight is 283 g/mol. The summed E-state index contributed by atoms with van der Waals surface area (Å²) in [6.07, 6.45) is 7.34. The molecule has 0 atom stereocenters. The van der Waals surface area contributed by atoms with Gasteiger partial charge in [0.15, 0.2) is 0 Å². The first kappa shape index (κ1) is 14.1. The summed E-state index contributed by atoms with van der Waals surface area (Å²) < 4.78 is 31.5. The van der Waals surface area contributed by atoms with Crippen molar-refractivity contribution in [3.05, 3.63) is 17.6 Å². The number of hydrogen-bond acceptors (Lipinski definition) is 4. The lowest BCUT2D eigenvalue weighted by atomic mass is 10.4. The molecule has 2 rings (SSSR count). The monoisotopic (exact) mass is 283 g/mol. The molecule has 1 N–H and O–H groups in total. The third kappa shape index (κ3) is 3.00. The number of nitrogens with zero attached hydrogens (tertiary/aromatic N) is 1. The van der Waals surface area contributed by atoms with E-state index < -0.39 is 10.0 Å². The molecule has 0 aliphatic heterocycles. The first-order valence-electron chi connectivity index (χ1n) is 6.12. The summed E-state index contributed by atoms with van der Waals surface area (Å²) in [5.41, 5.74) is 0. The Balaban J connectivity index is 2.31. The molecule has 0 bridgehead atoms. The van der Waals surface area contributed by atoms with Gasteiger partial charge in [-0.3, -0.25) is 0 Å². The van der Waals surface area contributed by atoms with Gasteiger partial charge in [0, 0.05) is 12.6 Å². The number of furan rings is 1. The van der Waals surface area contributed by atoms with Gasteiger partial charge in [-0.2, -0.15) is 4.31 Å². The molecule has 104 valence electrons. The third-order valence-corrected chi connectivity index (χ3v) is 5.04. The lowest BCUT2D eigenvalue weighted by Gasteiger charge is -2.19. The van der Waals surface area contributed by atoms with E-state index in [1.54, 1.807) is 6.92 Å². The smallest absolute Gasteiger partial charge is 0.247 e. The topological polar surface area (TPSA) is 70.8 Å². The van der Waals surface area contributed by atoms with Crippen molar-refractivity contribution in [3.8, 4) is 12.3 Å². The van der Waals surface area contributed by atoms with Crippen LogP contribution in [0.2, 0.25) is 0 Å². The Morgan fingerprint density at radius 1 is 1.58 bits per heavy atom. The van der Waals surface area contributed by atoms with Crippen molar-refractivity contribution in [3.63, 3.8) is 0 Å². The van der Waals surface area contributed by atoms with Crippen LogP contribution in [-0.2, 0) is 16.6 Å². The molecule has 1 aromatic heterocycles. The predicted octanol–water partition coefficient (Wildman–Crippen LogP) is 1.11. The van der Waals surface area contributed by atoms with Crippen LogP contribution >= 0.6 is 0 Å². The SMILES string of the molecule is C#CCN(CC1CC1)S(=O)(=O)c1cc(CO)oc1C. The maximum atomic E-state index is 12.5. The van der Waals surface area contributed by atoms with E-state index in [0.29, 0.717) is 12.5 Å². The Kier molecular flexibility index (Phi) is 3.99. The van der Waals surface area contributed by atoms with Crippen LogP contribution in [0.15, 0.2) is 15.4 Å². The second-order valence-electron chi connectivity index (χ2n) is 4.74. The number of hydrogen-bond donors (Lipinski definition) is 1. The van der Waals surface area contributed by atoms with Crippen LogP contribution in [0.3, 0.4) is 0 Å². The fourth-order valence-corrected chi connectivity index (χ4v) is 3.55. The summed E-state index contributed by atoms with van der Waals surface area (Å²) in [6.45, 7) is 1.74. The van der Waals surface area contributed by atoms with E-state index in [9.17, 15) is 8.42 Å². The van der Waals surface area contributed by atoms with Gasteiger partial charge in [-0.25, -0.2) is 8.42 Å². The van der Waals surface area contributed by atoms with E-state index in [0.717, 1.165) is 12.8 Å². The molecular weight excluding hydrogens is 266 g/mol. The van der Waals surface area contributed by atoms with E-state index in [-0.39, 0.29) is 29.6 Å². The van der Waals surface area contributed by atoms with Gasteiger partial charge >= 0.3 is 0 Å². The molecule has 0 aromatic carbocycles. The summed E-state index contributed by atoms with van der Waals surface area (Å²) in [6, 6.07) is 1.36. The highest BCUT2D eigenvalue weighted by atomic mass is 32.2. The molecule has 1 fully saturated rings. The van der Waals surface area contributed by atoms with E-state index in [2.05, 4.69) is 5.92 Å². The minimum Gasteiger partial charge on any atom is -0.462 e. The highest BCUT2D eigenvalue weighted by Gasteiger charge is 2.33. The highest BCUT2D eigenvalue weighted by molar-refractivity contribution is 7.89. The van der Waals surface area contributed by atoms with E-state index in [1.165, 1.54) is 10.4 Å². The summed E-state index contributed by atoms with van der Waals surface area (Å²) in [5, 5.41) is 9.00. The van der Waals surface area contributed by atoms with E-state index in [4.69, 9.17) is 15.9 Å².